The molecule has 1 fully saturated rings. The number of anilines is 1. The Morgan fingerprint density at radius 2 is 1.71 bits per heavy atom. The fourth-order valence-electron chi connectivity index (χ4n) is 3.66. The van der Waals surface area contributed by atoms with Crippen molar-refractivity contribution in [1.29, 1.82) is 0 Å². The van der Waals surface area contributed by atoms with E-state index >= 15 is 0 Å². The molecule has 0 aliphatic carbocycles. The fourth-order valence-corrected chi connectivity index (χ4v) is 3.66. The highest BCUT2D eigenvalue weighted by Crippen LogP contribution is 2.27. The average molecular weight is 380 g/mol. The minimum atomic E-state index is -0.837. The Bertz CT molecular complexity index is 901. The second kappa shape index (κ2) is 8.44. The largest absolute Gasteiger partial charge is 0.463 e. The Labute approximate surface area is 165 Å². The lowest BCUT2D eigenvalue weighted by Crippen LogP contribution is -2.46. The van der Waals surface area contributed by atoms with E-state index < -0.39 is 6.86 Å². The Morgan fingerprint density at radius 3 is 2.43 bits per heavy atom. The van der Waals surface area contributed by atoms with Crippen LogP contribution in [0.25, 0.3) is 16.9 Å². The lowest BCUT2D eigenvalue weighted by Gasteiger charge is -2.35. The first-order valence-corrected chi connectivity index (χ1v) is 9.69. The summed E-state index contributed by atoms with van der Waals surface area (Å²) in [6.45, 7) is 6.83. The van der Waals surface area contributed by atoms with E-state index in [-0.39, 0.29) is 0 Å². The van der Waals surface area contributed by atoms with Crippen molar-refractivity contribution in [3.63, 3.8) is 0 Å². The second-order valence-corrected chi connectivity index (χ2v) is 6.85. The van der Waals surface area contributed by atoms with Crippen molar-refractivity contribution < 1.29 is 9.13 Å². The molecule has 5 nitrogen and oxygen atoms in total. The van der Waals surface area contributed by atoms with Gasteiger partial charge in [-0.05, 0) is 49.0 Å². The van der Waals surface area contributed by atoms with Crippen LogP contribution in [-0.2, 0) is 0 Å². The molecule has 28 heavy (non-hydrogen) atoms. The number of alkyl halides is 1. The lowest BCUT2D eigenvalue weighted by atomic mass is 10.1. The number of ether oxygens (including phenoxy) is 1. The molecule has 1 aromatic heterocycles. The predicted octanol–water partition coefficient (Wildman–Crippen LogP) is 3.99. The van der Waals surface area contributed by atoms with E-state index in [0.717, 1.165) is 49.7 Å². The minimum Gasteiger partial charge on any atom is -0.463 e. The van der Waals surface area contributed by atoms with Gasteiger partial charge in [-0.3, -0.25) is 0 Å². The highest BCUT2D eigenvalue weighted by atomic mass is 19.1. The van der Waals surface area contributed by atoms with Crippen LogP contribution in [0.5, 0.6) is 5.75 Å². The van der Waals surface area contributed by atoms with Gasteiger partial charge in [0.1, 0.15) is 5.75 Å². The standard InChI is InChI=1S/C22H25FN4O/c1-2-25-12-14-26(15-13-25)19-6-8-20(9-7-19)27-22(10-11-24-27)18-4-3-5-21(16-18)28-17-23/h3-11,16H,2,12-15,17H2,1H3. The molecule has 0 atom stereocenters. The zero-order valence-corrected chi connectivity index (χ0v) is 16.1. The van der Waals surface area contributed by atoms with Crippen LogP contribution in [0.1, 0.15) is 6.92 Å². The summed E-state index contributed by atoms with van der Waals surface area (Å²) in [5.41, 5.74) is 4.11. The van der Waals surface area contributed by atoms with Crippen LogP contribution in [0.4, 0.5) is 10.1 Å². The van der Waals surface area contributed by atoms with Crippen molar-refractivity contribution in [2.75, 3.05) is 44.5 Å². The quantitative estimate of drug-likeness (QED) is 0.648. The summed E-state index contributed by atoms with van der Waals surface area (Å²) in [7, 11) is 0. The Hall–Kier alpha value is -2.86. The molecule has 146 valence electrons. The smallest absolute Gasteiger partial charge is 0.228 e. The Morgan fingerprint density at radius 1 is 0.964 bits per heavy atom. The summed E-state index contributed by atoms with van der Waals surface area (Å²) in [5, 5.41) is 4.48. The molecule has 1 aliphatic heterocycles. The molecule has 6 heteroatoms. The summed E-state index contributed by atoms with van der Waals surface area (Å²) >= 11 is 0. The van der Waals surface area contributed by atoms with Gasteiger partial charge in [0.25, 0.3) is 0 Å². The van der Waals surface area contributed by atoms with E-state index in [9.17, 15) is 4.39 Å². The van der Waals surface area contributed by atoms with E-state index in [1.54, 1.807) is 12.3 Å². The number of hydrogen-bond acceptors (Lipinski definition) is 4. The first-order chi connectivity index (χ1) is 13.8. The number of likely N-dealkylation sites (N-methyl/N-ethyl adjacent to an activating group) is 1. The molecule has 0 unspecified atom stereocenters. The molecule has 2 heterocycles. The van der Waals surface area contributed by atoms with Crippen molar-refractivity contribution in [2.24, 2.45) is 0 Å². The van der Waals surface area contributed by atoms with Crippen LogP contribution in [-0.4, -0.2) is 54.3 Å². The molecule has 2 aromatic carbocycles. The van der Waals surface area contributed by atoms with Gasteiger partial charge >= 0.3 is 0 Å². The lowest BCUT2D eigenvalue weighted by molar-refractivity contribution is 0.192. The van der Waals surface area contributed by atoms with Crippen LogP contribution in [0, 0.1) is 0 Å². The topological polar surface area (TPSA) is 33.5 Å². The van der Waals surface area contributed by atoms with E-state index in [2.05, 4.69) is 46.1 Å². The van der Waals surface area contributed by atoms with E-state index in [1.165, 1.54) is 5.69 Å². The Kier molecular flexibility index (Phi) is 5.58. The van der Waals surface area contributed by atoms with Gasteiger partial charge in [-0.2, -0.15) is 5.10 Å². The van der Waals surface area contributed by atoms with Crippen LogP contribution >= 0.6 is 0 Å². The van der Waals surface area contributed by atoms with Gasteiger partial charge in [0.05, 0.1) is 17.6 Å². The predicted molar refractivity (Wildman–Crippen MR) is 110 cm³/mol. The van der Waals surface area contributed by atoms with Crippen molar-refractivity contribution in [1.82, 2.24) is 14.7 Å². The summed E-state index contributed by atoms with van der Waals surface area (Å²) in [6, 6.07) is 17.9. The number of piperazine rings is 1. The summed E-state index contributed by atoms with van der Waals surface area (Å²) in [4.78, 5) is 4.90. The van der Waals surface area contributed by atoms with Gasteiger partial charge in [-0.15, -0.1) is 0 Å². The third-order valence-electron chi connectivity index (χ3n) is 5.27. The van der Waals surface area contributed by atoms with Crippen molar-refractivity contribution in [3.05, 3.63) is 60.8 Å². The normalized spacial score (nSPS) is 15.0. The molecule has 1 saturated heterocycles. The van der Waals surface area contributed by atoms with E-state index in [1.807, 2.05) is 28.9 Å². The number of rotatable bonds is 6. The number of hydrogen-bond donors (Lipinski definition) is 0. The molecule has 1 aliphatic rings. The third kappa shape index (κ3) is 3.87. The average Bonchev–Trinajstić information content (AvgIpc) is 3.24. The maximum absolute atomic E-state index is 12.5. The van der Waals surface area contributed by atoms with E-state index in [0.29, 0.717) is 5.75 Å². The highest BCUT2D eigenvalue weighted by molar-refractivity contribution is 5.64. The first-order valence-electron chi connectivity index (χ1n) is 9.69. The zero-order chi connectivity index (χ0) is 19.3. The van der Waals surface area contributed by atoms with Gasteiger partial charge in [-0.25, -0.2) is 9.07 Å². The second-order valence-electron chi connectivity index (χ2n) is 6.85. The monoisotopic (exact) mass is 380 g/mol. The van der Waals surface area contributed by atoms with Gasteiger partial charge < -0.3 is 14.5 Å². The van der Waals surface area contributed by atoms with Crippen molar-refractivity contribution >= 4 is 5.69 Å². The van der Waals surface area contributed by atoms with Gasteiger partial charge in [-0.1, -0.05) is 19.1 Å². The molecule has 4 rings (SSSR count). The number of benzene rings is 2. The summed E-state index contributed by atoms with van der Waals surface area (Å²) in [6.07, 6.45) is 1.77. The molecular weight excluding hydrogens is 355 g/mol. The van der Waals surface area contributed by atoms with E-state index in [4.69, 9.17) is 4.74 Å². The number of halogens is 1. The SMILES string of the molecule is CCN1CCN(c2ccc(-n3nccc3-c3cccc(OCF)c3)cc2)CC1. The molecule has 0 bridgehead atoms. The van der Waals surface area contributed by atoms with Crippen LogP contribution in [0.2, 0.25) is 0 Å². The molecular formula is C22H25FN4O. The molecule has 0 spiro atoms. The van der Waals surface area contributed by atoms with Crippen molar-refractivity contribution in [2.45, 2.75) is 6.92 Å². The van der Waals surface area contributed by atoms with Gasteiger partial charge in [0, 0.05) is 37.4 Å². The molecule has 0 saturated carbocycles. The molecule has 3 aromatic rings. The zero-order valence-electron chi connectivity index (χ0n) is 16.1. The summed E-state index contributed by atoms with van der Waals surface area (Å²) < 4.78 is 19.4. The number of aromatic nitrogens is 2. The minimum absolute atomic E-state index is 0.509. The summed E-state index contributed by atoms with van der Waals surface area (Å²) in [5.74, 6) is 0.509. The molecule has 0 N–H and O–H groups in total. The fraction of sp³-hybridized carbons (Fsp3) is 0.318. The number of nitrogens with zero attached hydrogens (tertiary/aromatic N) is 4. The van der Waals surface area contributed by atoms with Crippen LogP contribution in [0.3, 0.4) is 0 Å². The van der Waals surface area contributed by atoms with Crippen LogP contribution in [0.15, 0.2) is 60.8 Å². The van der Waals surface area contributed by atoms with Crippen molar-refractivity contribution in [3.8, 4) is 22.7 Å². The van der Waals surface area contributed by atoms with Crippen LogP contribution < -0.4 is 9.64 Å². The Balaban J connectivity index is 1.55. The third-order valence-corrected chi connectivity index (χ3v) is 5.27. The molecule has 0 amide bonds. The first kappa shape index (κ1) is 18.5. The van der Waals surface area contributed by atoms with Gasteiger partial charge in [0.15, 0.2) is 0 Å². The maximum Gasteiger partial charge on any atom is 0.228 e. The maximum atomic E-state index is 12.5. The van der Waals surface area contributed by atoms with Gasteiger partial charge in [0.2, 0.25) is 6.86 Å². The molecule has 0 radical (unpaired) electrons. The highest BCUT2D eigenvalue weighted by Gasteiger charge is 2.16.